The van der Waals surface area contributed by atoms with Crippen LogP contribution in [0.25, 0.3) is 0 Å². The van der Waals surface area contributed by atoms with E-state index in [2.05, 4.69) is 15.2 Å². The molecule has 2 aliphatic heterocycles. The number of hydrogen-bond donors (Lipinski definition) is 1. The van der Waals surface area contributed by atoms with E-state index in [4.69, 9.17) is 4.74 Å². The molecule has 2 aromatic rings. The molecule has 0 saturated carbocycles. The van der Waals surface area contributed by atoms with Crippen LogP contribution in [0.2, 0.25) is 0 Å². The van der Waals surface area contributed by atoms with E-state index in [1.54, 1.807) is 22.1 Å². The number of amides is 3. The molecule has 3 heterocycles. The van der Waals surface area contributed by atoms with Crippen LogP contribution >= 0.6 is 0 Å². The zero-order valence-electron chi connectivity index (χ0n) is 21.5. The second kappa shape index (κ2) is 10.6. The van der Waals surface area contributed by atoms with Gasteiger partial charge in [0.2, 0.25) is 11.8 Å². The van der Waals surface area contributed by atoms with E-state index in [-0.39, 0.29) is 24.3 Å². The predicted octanol–water partition coefficient (Wildman–Crippen LogP) is 3.43. The van der Waals surface area contributed by atoms with E-state index in [0.717, 1.165) is 11.3 Å². The van der Waals surface area contributed by atoms with E-state index in [1.165, 1.54) is 5.56 Å². The largest absolute Gasteiger partial charge is 0.444 e. The maximum atomic E-state index is 12.8. The third-order valence-corrected chi connectivity index (χ3v) is 6.37. The van der Waals surface area contributed by atoms with Gasteiger partial charge in [-0.15, -0.1) is 0 Å². The molecule has 4 rings (SSSR count). The van der Waals surface area contributed by atoms with Gasteiger partial charge in [-0.1, -0.05) is 29.8 Å². The molecule has 0 aliphatic carbocycles. The van der Waals surface area contributed by atoms with Crippen molar-refractivity contribution in [2.24, 2.45) is 5.92 Å². The number of nitrogens with zero attached hydrogens (tertiary/aromatic N) is 4. The van der Waals surface area contributed by atoms with Crippen LogP contribution in [0.3, 0.4) is 0 Å². The lowest BCUT2D eigenvalue weighted by Gasteiger charge is -2.36. The summed E-state index contributed by atoms with van der Waals surface area (Å²) < 4.78 is 5.45. The zero-order valence-corrected chi connectivity index (χ0v) is 21.5. The van der Waals surface area contributed by atoms with Crippen molar-refractivity contribution < 1.29 is 19.1 Å². The Labute approximate surface area is 212 Å². The Morgan fingerprint density at radius 3 is 2.36 bits per heavy atom. The number of likely N-dealkylation sites (tertiary alicyclic amines) is 1. The van der Waals surface area contributed by atoms with Crippen LogP contribution in [0, 0.1) is 12.8 Å². The second-order valence-electron chi connectivity index (χ2n) is 10.5. The summed E-state index contributed by atoms with van der Waals surface area (Å²) in [4.78, 5) is 47.5. The zero-order chi connectivity index (χ0) is 25.9. The van der Waals surface area contributed by atoms with Crippen LogP contribution in [-0.4, -0.2) is 71.0 Å². The van der Waals surface area contributed by atoms with E-state index in [0.29, 0.717) is 45.1 Å². The molecule has 3 amide bonds. The second-order valence-corrected chi connectivity index (χ2v) is 10.5. The smallest absolute Gasteiger partial charge is 0.410 e. The minimum atomic E-state index is -0.510. The molecule has 1 aromatic heterocycles. The minimum Gasteiger partial charge on any atom is -0.444 e. The number of carbonyl (C=O) groups excluding carboxylic acids is 3. The van der Waals surface area contributed by atoms with Gasteiger partial charge in [0.25, 0.3) is 0 Å². The van der Waals surface area contributed by atoms with Gasteiger partial charge in [-0.05, 0) is 45.4 Å². The van der Waals surface area contributed by atoms with Crippen LogP contribution in [0.4, 0.5) is 16.3 Å². The molecule has 2 fully saturated rings. The summed E-state index contributed by atoms with van der Waals surface area (Å²) in [5.74, 6) is -0.142. The topological polar surface area (TPSA) is 95.1 Å². The Morgan fingerprint density at radius 1 is 1.06 bits per heavy atom. The van der Waals surface area contributed by atoms with Crippen molar-refractivity contribution in [2.45, 2.75) is 46.3 Å². The molecule has 1 aromatic carbocycles. The van der Waals surface area contributed by atoms with Crippen molar-refractivity contribution in [1.82, 2.24) is 14.8 Å². The van der Waals surface area contributed by atoms with E-state index in [9.17, 15) is 14.4 Å². The SMILES string of the molecule is Cc1ccc(CN2CC(C(=O)Nc3ccc(N4CCN(C(=O)OC(C)(C)C)CC4)cn3)CC2=O)cc1. The molecule has 0 spiro atoms. The van der Waals surface area contributed by atoms with Gasteiger partial charge in [0, 0.05) is 45.7 Å². The third-order valence-electron chi connectivity index (χ3n) is 6.37. The lowest BCUT2D eigenvalue weighted by molar-refractivity contribution is -0.128. The summed E-state index contributed by atoms with van der Waals surface area (Å²) in [7, 11) is 0. The fraction of sp³-hybridized carbons (Fsp3) is 0.481. The molecular formula is C27H35N5O4. The van der Waals surface area contributed by atoms with Crippen LogP contribution in [-0.2, 0) is 20.9 Å². The van der Waals surface area contributed by atoms with Crippen LogP contribution in [0.5, 0.6) is 0 Å². The van der Waals surface area contributed by atoms with Crippen LogP contribution in [0.15, 0.2) is 42.6 Å². The highest BCUT2D eigenvalue weighted by Gasteiger charge is 2.34. The molecule has 9 heteroatoms. The average Bonchev–Trinajstić information content (AvgIpc) is 3.20. The number of carbonyl (C=O) groups is 3. The Kier molecular flexibility index (Phi) is 7.47. The van der Waals surface area contributed by atoms with Crippen LogP contribution in [0.1, 0.15) is 38.3 Å². The number of hydrogen-bond acceptors (Lipinski definition) is 6. The standard InChI is InChI=1S/C27H35N5O4/c1-19-5-7-20(8-6-19)17-32-18-21(15-24(32)33)25(34)29-23-10-9-22(16-28-23)30-11-13-31(14-12-30)26(35)36-27(2,3)4/h5-10,16,21H,11-15,17-18H2,1-4H3,(H,28,29,34). The first-order chi connectivity index (χ1) is 17.1. The number of anilines is 2. The summed E-state index contributed by atoms with van der Waals surface area (Å²) >= 11 is 0. The van der Waals surface area contributed by atoms with Gasteiger partial charge in [0.15, 0.2) is 0 Å². The molecule has 9 nitrogen and oxygen atoms in total. The number of ether oxygens (including phenoxy) is 1. The number of rotatable bonds is 5. The molecule has 1 unspecified atom stereocenters. The highest BCUT2D eigenvalue weighted by Crippen LogP contribution is 2.23. The molecule has 192 valence electrons. The molecule has 36 heavy (non-hydrogen) atoms. The summed E-state index contributed by atoms with van der Waals surface area (Å²) in [6.45, 7) is 11.0. The number of aromatic nitrogens is 1. The third kappa shape index (κ3) is 6.53. The average molecular weight is 494 g/mol. The Morgan fingerprint density at radius 2 is 1.75 bits per heavy atom. The molecule has 2 aliphatic rings. The maximum absolute atomic E-state index is 12.8. The van der Waals surface area contributed by atoms with E-state index in [1.807, 2.05) is 58.0 Å². The van der Waals surface area contributed by atoms with E-state index < -0.39 is 11.5 Å². The normalized spacial score (nSPS) is 18.4. The van der Waals surface area contributed by atoms with Crippen molar-refractivity contribution >= 4 is 29.4 Å². The van der Waals surface area contributed by atoms with Gasteiger partial charge in [0.05, 0.1) is 17.8 Å². The first-order valence-electron chi connectivity index (χ1n) is 12.4. The Hall–Kier alpha value is -3.62. The van der Waals surface area contributed by atoms with Gasteiger partial charge in [0.1, 0.15) is 11.4 Å². The summed E-state index contributed by atoms with van der Waals surface area (Å²) in [6.07, 6.45) is 1.64. The molecule has 2 saturated heterocycles. The Bertz CT molecular complexity index is 1090. The molecular weight excluding hydrogens is 458 g/mol. The minimum absolute atomic E-state index is 0.00967. The van der Waals surface area contributed by atoms with Crippen molar-refractivity contribution in [3.8, 4) is 0 Å². The molecule has 1 N–H and O–H groups in total. The molecule has 1 atom stereocenters. The number of benzene rings is 1. The molecule has 0 bridgehead atoms. The van der Waals surface area contributed by atoms with Crippen molar-refractivity contribution in [3.05, 3.63) is 53.7 Å². The quantitative estimate of drug-likeness (QED) is 0.686. The summed E-state index contributed by atoms with van der Waals surface area (Å²) in [6, 6.07) is 11.8. The number of nitrogens with one attached hydrogen (secondary N) is 1. The van der Waals surface area contributed by atoms with E-state index >= 15 is 0 Å². The first-order valence-corrected chi connectivity index (χ1v) is 12.4. The Balaban J connectivity index is 1.26. The van der Waals surface area contributed by atoms with Gasteiger partial charge < -0.3 is 24.8 Å². The lowest BCUT2D eigenvalue weighted by Crippen LogP contribution is -2.50. The van der Waals surface area contributed by atoms with Gasteiger partial charge in [-0.25, -0.2) is 9.78 Å². The van der Waals surface area contributed by atoms with Gasteiger partial charge in [-0.2, -0.15) is 0 Å². The van der Waals surface area contributed by atoms with Gasteiger partial charge >= 0.3 is 6.09 Å². The number of aryl methyl sites for hydroxylation is 1. The highest BCUT2D eigenvalue weighted by atomic mass is 16.6. The molecule has 0 radical (unpaired) electrons. The summed E-state index contributed by atoms with van der Waals surface area (Å²) in [5.41, 5.74) is 2.64. The monoisotopic (exact) mass is 493 g/mol. The maximum Gasteiger partial charge on any atom is 0.410 e. The highest BCUT2D eigenvalue weighted by molar-refractivity contribution is 5.96. The number of piperazine rings is 1. The summed E-state index contributed by atoms with van der Waals surface area (Å²) in [5, 5.41) is 2.85. The predicted molar refractivity (Wildman–Crippen MR) is 138 cm³/mol. The first kappa shape index (κ1) is 25.5. The van der Waals surface area contributed by atoms with Crippen molar-refractivity contribution in [1.29, 1.82) is 0 Å². The van der Waals surface area contributed by atoms with Gasteiger partial charge in [-0.3, -0.25) is 9.59 Å². The lowest BCUT2D eigenvalue weighted by atomic mass is 10.1. The van der Waals surface area contributed by atoms with Crippen LogP contribution < -0.4 is 10.2 Å². The fourth-order valence-corrected chi connectivity index (χ4v) is 4.36. The fourth-order valence-electron chi connectivity index (χ4n) is 4.36. The number of pyridine rings is 1. The van der Waals surface area contributed by atoms with Crippen molar-refractivity contribution in [3.63, 3.8) is 0 Å². The van der Waals surface area contributed by atoms with Crippen molar-refractivity contribution in [2.75, 3.05) is 42.9 Å².